The number of fused-ring (bicyclic) bond motifs is 1. The fourth-order valence-electron chi connectivity index (χ4n) is 11.5. The zero-order valence-corrected chi connectivity index (χ0v) is 47.5. The molecule has 0 aliphatic carbocycles. The first kappa shape index (κ1) is 55.6. The number of aryl methyl sites for hydroxylation is 1. The van der Waals surface area contributed by atoms with Crippen molar-refractivity contribution in [3.63, 3.8) is 0 Å². The van der Waals surface area contributed by atoms with Gasteiger partial charge in [-0.2, -0.15) is 4.98 Å². The highest BCUT2D eigenvalue weighted by Gasteiger charge is 2.57. The summed E-state index contributed by atoms with van der Waals surface area (Å²) < 4.78 is 78.1. The molecule has 3 aliphatic rings. The Balaban J connectivity index is 0.968. The van der Waals surface area contributed by atoms with E-state index in [1.807, 2.05) is 115 Å². The predicted octanol–water partition coefficient (Wildman–Crippen LogP) is 7.41. The van der Waals surface area contributed by atoms with Gasteiger partial charge in [-0.05, 0) is 63.3 Å². The minimum Gasteiger partial charge on any atom is -0.497 e. The zero-order chi connectivity index (χ0) is 56.7. The second-order valence-electron chi connectivity index (χ2n) is 21.4. The number of ether oxygens (including phenoxy) is 5. The summed E-state index contributed by atoms with van der Waals surface area (Å²) in [5.41, 5.74) is 5.85. The van der Waals surface area contributed by atoms with Crippen LogP contribution in [0.2, 0.25) is 5.04 Å². The summed E-state index contributed by atoms with van der Waals surface area (Å²) in [5.74, 6) is 1.16. The van der Waals surface area contributed by atoms with Crippen LogP contribution in [-0.2, 0) is 42.4 Å². The molecule has 81 heavy (non-hydrogen) atoms. The molecule has 0 radical (unpaired) electrons. The van der Waals surface area contributed by atoms with Crippen LogP contribution in [0.15, 0.2) is 166 Å². The molecule has 0 unspecified atom stereocenters. The molecule has 22 heteroatoms. The van der Waals surface area contributed by atoms with Gasteiger partial charge in [-0.25, -0.2) is 14.3 Å². The molecule has 8 aromatic rings. The third kappa shape index (κ3) is 10.7. The Morgan fingerprint density at radius 2 is 1.30 bits per heavy atom. The molecule has 3 aliphatic heterocycles. The minimum absolute atomic E-state index is 0.0225. The Bertz CT molecular complexity index is 3640. The Hall–Kier alpha value is -7.30. The number of phosphoric acid groups is 1. The van der Waals surface area contributed by atoms with E-state index in [1.165, 1.54) is 17.1 Å². The number of methoxy groups -OCH3 is 2. The summed E-state index contributed by atoms with van der Waals surface area (Å²) in [6, 6.07) is 45.2. The van der Waals surface area contributed by atoms with Crippen molar-refractivity contribution in [1.29, 1.82) is 0 Å². The average molecular weight is 1140 g/mol. The third-order valence-electron chi connectivity index (χ3n) is 15.4. The quantitative estimate of drug-likeness (QED) is 0.0457. The van der Waals surface area contributed by atoms with E-state index < -0.39 is 86.6 Å². The molecule has 3 saturated heterocycles. The van der Waals surface area contributed by atoms with Gasteiger partial charge in [0.05, 0.1) is 39.9 Å². The van der Waals surface area contributed by atoms with Gasteiger partial charge in [0.2, 0.25) is 5.95 Å². The largest absolute Gasteiger partial charge is 0.497 e. The molecule has 6 heterocycles. The van der Waals surface area contributed by atoms with Crippen molar-refractivity contribution in [1.82, 2.24) is 29.1 Å². The van der Waals surface area contributed by atoms with Gasteiger partial charge in [0.15, 0.2) is 11.2 Å². The Kier molecular flexibility index (Phi) is 15.5. The first-order valence-electron chi connectivity index (χ1n) is 26.8. The van der Waals surface area contributed by atoms with Gasteiger partial charge >= 0.3 is 13.5 Å². The topological polar surface area (TPSA) is 245 Å². The molecule has 3 aromatic heterocycles. The number of rotatable bonds is 17. The highest BCUT2D eigenvalue weighted by Crippen LogP contribution is 2.58. The molecule has 11 rings (SSSR count). The lowest BCUT2D eigenvalue weighted by Gasteiger charge is -2.46. The molecule has 0 spiro atoms. The van der Waals surface area contributed by atoms with Crippen molar-refractivity contribution >= 4 is 43.6 Å². The monoisotopic (exact) mass is 1140 g/mol. The molecule has 0 bridgehead atoms. The molecule has 4 N–H and O–H groups in total. The SMILES string of the molecule is COc1ccc(C(OC[C@H]2O[C@@H](n3cnc4c(=O)[nH]c(N)nc43)C[C@@H]2O[P@]2(=O)OCC[C@@H]([C@H]3O[C@@H](n4cc(C)c(=O)[nH]c4=O)C[C@@H]3O[Si](c3ccccc3)(c3ccccc3)C(C)(C)C)O2)(c2ccccc2)c2ccc(OC)cc2)cc1. The molecular weight excluding hydrogens is 1070 g/mol. The number of benzene rings is 5. The summed E-state index contributed by atoms with van der Waals surface area (Å²) in [6.45, 7) is 7.86. The van der Waals surface area contributed by atoms with E-state index in [0.29, 0.717) is 17.1 Å². The lowest BCUT2D eigenvalue weighted by Crippen LogP contribution is -2.68. The summed E-state index contributed by atoms with van der Waals surface area (Å²) in [7, 11) is -4.72. The smallest absolute Gasteiger partial charge is 0.475 e. The maximum Gasteiger partial charge on any atom is 0.475 e. The number of phosphoric ester groups is 1. The third-order valence-corrected chi connectivity index (χ3v) is 22.1. The van der Waals surface area contributed by atoms with Crippen molar-refractivity contribution in [3.8, 4) is 11.5 Å². The first-order valence-corrected chi connectivity index (χ1v) is 30.1. The van der Waals surface area contributed by atoms with Gasteiger partial charge in [-0.15, -0.1) is 0 Å². The van der Waals surface area contributed by atoms with E-state index in [2.05, 4.69) is 65.0 Å². The van der Waals surface area contributed by atoms with Gasteiger partial charge in [0.1, 0.15) is 54.0 Å². The summed E-state index contributed by atoms with van der Waals surface area (Å²) in [4.78, 5) is 53.1. The zero-order valence-electron chi connectivity index (χ0n) is 45.6. The number of nitrogens with one attached hydrogen (secondary N) is 2. The number of aromatic nitrogens is 6. The molecule has 8 atom stereocenters. The summed E-state index contributed by atoms with van der Waals surface area (Å²) >= 11 is 0. The molecule has 20 nitrogen and oxygen atoms in total. The fourth-order valence-corrected chi connectivity index (χ4v) is 17.8. The van der Waals surface area contributed by atoms with Gasteiger partial charge in [-0.3, -0.25) is 42.3 Å². The molecule has 422 valence electrons. The van der Waals surface area contributed by atoms with Crippen LogP contribution < -0.4 is 42.4 Å². The van der Waals surface area contributed by atoms with E-state index in [-0.39, 0.29) is 49.6 Å². The minimum atomic E-state index is -4.59. The van der Waals surface area contributed by atoms with Crippen molar-refractivity contribution < 1.29 is 46.2 Å². The average Bonchev–Trinajstić information content (AvgIpc) is 4.26. The second-order valence-corrected chi connectivity index (χ2v) is 27.2. The highest BCUT2D eigenvalue weighted by molar-refractivity contribution is 7.48. The maximum atomic E-state index is 15.6. The normalized spacial score (nSPS) is 23.4. The van der Waals surface area contributed by atoms with Crippen molar-refractivity contribution in [2.24, 2.45) is 0 Å². The standard InChI is InChI=1S/C59H64N7O13PSi/c1-37-34-65(57(69)64-54(37)67)49-33-47(79-81(58(2,3)4,43-18-12-8-13-19-43)44-20-14-9-15-21-44)52(76-49)45-30-31-74-80(70,77-45)78-46-32-50(66-36-61-51-53(66)62-56(60)63-55(51)68)75-48(46)35-73-59(38-16-10-7-11-17-38,39-22-26-41(71-5)27-23-39)40-24-28-42(72-6)29-25-40/h7-29,34,36,45-50,52H,30-33,35H2,1-6H3,(H,64,67,69)(H3,60,62,63,68)/t45-,46-,47-,48+,49+,50+,52+,80+/m0/s1. The first-order chi connectivity index (χ1) is 39.0. The van der Waals surface area contributed by atoms with Gasteiger partial charge < -0.3 is 33.8 Å². The van der Waals surface area contributed by atoms with Crippen molar-refractivity contribution in [3.05, 3.63) is 205 Å². The van der Waals surface area contributed by atoms with E-state index in [1.54, 1.807) is 25.7 Å². The number of nitrogens with two attached hydrogens (primary N) is 1. The Morgan fingerprint density at radius 3 is 1.89 bits per heavy atom. The van der Waals surface area contributed by atoms with Crippen LogP contribution in [0.25, 0.3) is 11.2 Å². The second kappa shape index (κ2) is 22.6. The summed E-state index contributed by atoms with van der Waals surface area (Å²) in [6.07, 6.45) is -3.31. The number of hydrogen-bond acceptors (Lipinski definition) is 16. The van der Waals surface area contributed by atoms with Crippen LogP contribution >= 0.6 is 7.82 Å². The highest BCUT2D eigenvalue weighted by atomic mass is 31.2. The van der Waals surface area contributed by atoms with E-state index in [9.17, 15) is 14.4 Å². The number of H-pyrrole nitrogens is 2. The van der Waals surface area contributed by atoms with E-state index >= 15 is 4.57 Å². The number of aromatic amines is 2. The fraction of sp³-hybridized carbons (Fsp3) is 0.339. The summed E-state index contributed by atoms with van der Waals surface area (Å²) in [5, 5.41) is 1.55. The molecule has 0 amide bonds. The lowest BCUT2D eigenvalue weighted by atomic mass is 9.80. The van der Waals surface area contributed by atoms with E-state index in [4.69, 9.17) is 47.4 Å². The number of imidazole rings is 1. The number of hydrogen-bond donors (Lipinski definition) is 3. The number of nitrogen functional groups attached to an aromatic ring is 1. The van der Waals surface area contributed by atoms with Crippen molar-refractivity contribution in [2.75, 3.05) is 33.2 Å². The molecule has 0 saturated carbocycles. The van der Waals surface area contributed by atoms with Crippen LogP contribution in [0.4, 0.5) is 5.95 Å². The van der Waals surface area contributed by atoms with Gasteiger partial charge in [0.25, 0.3) is 19.4 Å². The Labute approximate surface area is 467 Å². The predicted molar refractivity (Wildman–Crippen MR) is 304 cm³/mol. The van der Waals surface area contributed by atoms with Crippen LogP contribution in [0.1, 0.15) is 74.7 Å². The molecular formula is C59H64N7O13PSi. The molecule has 3 fully saturated rings. The Morgan fingerprint density at radius 1 is 0.728 bits per heavy atom. The van der Waals surface area contributed by atoms with Crippen LogP contribution in [0.5, 0.6) is 11.5 Å². The van der Waals surface area contributed by atoms with Crippen LogP contribution in [-0.4, -0.2) is 95.3 Å². The van der Waals surface area contributed by atoms with Crippen molar-refractivity contribution in [2.45, 2.75) is 101 Å². The number of nitrogens with zero attached hydrogens (tertiary/aromatic N) is 4. The van der Waals surface area contributed by atoms with Crippen LogP contribution in [0, 0.1) is 6.92 Å². The van der Waals surface area contributed by atoms with Gasteiger partial charge in [-0.1, -0.05) is 136 Å². The van der Waals surface area contributed by atoms with E-state index in [0.717, 1.165) is 27.1 Å². The lowest BCUT2D eigenvalue weighted by molar-refractivity contribution is -0.112. The molecule has 5 aromatic carbocycles. The maximum absolute atomic E-state index is 15.6. The van der Waals surface area contributed by atoms with Gasteiger partial charge in [0, 0.05) is 31.0 Å². The number of anilines is 1. The van der Waals surface area contributed by atoms with Crippen LogP contribution in [0.3, 0.4) is 0 Å².